The molecule has 1 aliphatic heterocycles. The number of fused-ring (bicyclic) bond motifs is 1. The van der Waals surface area contributed by atoms with Crippen LogP contribution < -0.4 is 4.90 Å². The molecule has 2 fully saturated rings. The van der Waals surface area contributed by atoms with Crippen molar-refractivity contribution in [1.29, 1.82) is 0 Å². The van der Waals surface area contributed by atoms with Crippen molar-refractivity contribution in [3.05, 3.63) is 24.0 Å². The lowest BCUT2D eigenvalue weighted by atomic mass is 9.78. The molecule has 1 saturated carbocycles. The summed E-state index contributed by atoms with van der Waals surface area (Å²) >= 11 is 0. The standard InChI is InChI=1S/C15H22N2O/c18-11-13-10-14(7-8-16-13)17-9-3-5-12-4-1-2-6-15(12)17/h7-8,10,12,15,18H,1-6,9,11H2/t12-,15-/m1/s1. The van der Waals surface area contributed by atoms with Gasteiger partial charge < -0.3 is 10.0 Å². The van der Waals surface area contributed by atoms with Crippen molar-refractivity contribution in [2.24, 2.45) is 5.92 Å². The first-order valence-electron chi connectivity index (χ1n) is 7.21. The quantitative estimate of drug-likeness (QED) is 0.871. The summed E-state index contributed by atoms with van der Waals surface area (Å²) in [4.78, 5) is 6.74. The van der Waals surface area contributed by atoms with Crippen molar-refractivity contribution in [3.63, 3.8) is 0 Å². The Morgan fingerprint density at radius 2 is 2.06 bits per heavy atom. The first-order valence-corrected chi connectivity index (χ1v) is 7.21. The molecule has 98 valence electrons. The van der Waals surface area contributed by atoms with Crippen LogP contribution in [0.3, 0.4) is 0 Å². The second kappa shape index (κ2) is 5.27. The highest BCUT2D eigenvalue weighted by Gasteiger charge is 2.33. The molecule has 0 radical (unpaired) electrons. The van der Waals surface area contributed by atoms with Crippen molar-refractivity contribution in [2.45, 2.75) is 51.2 Å². The average molecular weight is 246 g/mol. The van der Waals surface area contributed by atoms with Gasteiger partial charge in [0, 0.05) is 24.5 Å². The van der Waals surface area contributed by atoms with Gasteiger partial charge in [0.15, 0.2) is 0 Å². The molecule has 3 heteroatoms. The first-order chi connectivity index (χ1) is 8.88. The van der Waals surface area contributed by atoms with E-state index in [1.165, 1.54) is 44.2 Å². The van der Waals surface area contributed by atoms with E-state index in [0.717, 1.165) is 24.2 Å². The van der Waals surface area contributed by atoms with E-state index in [9.17, 15) is 5.11 Å². The molecule has 1 aromatic rings. The van der Waals surface area contributed by atoms with Crippen LogP contribution in [0.4, 0.5) is 5.69 Å². The highest BCUT2D eigenvalue weighted by molar-refractivity contribution is 5.48. The SMILES string of the molecule is OCc1cc(N2CCC[C@H]3CCCC[C@H]32)ccn1. The monoisotopic (exact) mass is 246 g/mol. The molecule has 0 amide bonds. The second-order valence-corrected chi connectivity index (χ2v) is 5.61. The van der Waals surface area contributed by atoms with Crippen molar-refractivity contribution in [2.75, 3.05) is 11.4 Å². The molecule has 0 bridgehead atoms. The smallest absolute Gasteiger partial charge is 0.0853 e. The molecule has 1 aliphatic carbocycles. The third-order valence-electron chi connectivity index (χ3n) is 4.54. The fourth-order valence-electron chi connectivity index (χ4n) is 3.68. The highest BCUT2D eigenvalue weighted by atomic mass is 16.3. The van der Waals surface area contributed by atoms with Gasteiger partial charge in [-0.05, 0) is 43.7 Å². The van der Waals surface area contributed by atoms with Crippen molar-refractivity contribution >= 4 is 5.69 Å². The van der Waals surface area contributed by atoms with E-state index >= 15 is 0 Å². The van der Waals surface area contributed by atoms with Crippen molar-refractivity contribution in [3.8, 4) is 0 Å². The van der Waals surface area contributed by atoms with Crippen LogP contribution in [0.25, 0.3) is 0 Å². The number of aliphatic hydroxyl groups excluding tert-OH is 1. The van der Waals surface area contributed by atoms with Gasteiger partial charge in [0.2, 0.25) is 0 Å². The number of aromatic nitrogens is 1. The Hall–Kier alpha value is -1.09. The number of rotatable bonds is 2. The predicted octanol–water partition coefficient (Wildman–Crippen LogP) is 2.73. The highest BCUT2D eigenvalue weighted by Crippen LogP contribution is 2.37. The van der Waals surface area contributed by atoms with Gasteiger partial charge in [0.1, 0.15) is 0 Å². The van der Waals surface area contributed by atoms with Crippen LogP contribution in [0.1, 0.15) is 44.2 Å². The lowest BCUT2D eigenvalue weighted by molar-refractivity contribution is 0.243. The molecule has 1 saturated heterocycles. The molecule has 2 atom stereocenters. The summed E-state index contributed by atoms with van der Waals surface area (Å²) in [6.07, 6.45) is 10.0. The van der Waals surface area contributed by atoms with Crippen LogP contribution >= 0.6 is 0 Å². The Bertz CT molecular complexity index is 405. The number of hydrogen-bond donors (Lipinski definition) is 1. The van der Waals surface area contributed by atoms with E-state index in [1.54, 1.807) is 0 Å². The molecular formula is C15H22N2O. The number of pyridine rings is 1. The number of nitrogens with zero attached hydrogens (tertiary/aromatic N) is 2. The zero-order valence-corrected chi connectivity index (χ0v) is 10.9. The van der Waals surface area contributed by atoms with Crippen LogP contribution in [0.2, 0.25) is 0 Å². The third kappa shape index (κ3) is 2.24. The Balaban J connectivity index is 1.84. The lowest BCUT2D eigenvalue weighted by Crippen LogP contribution is -2.46. The van der Waals surface area contributed by atoms with Crippen LogP contribution in [0.5, 0.6) is 0 Å². The largest absolute Gasteiger partial charge is 0.390 e. The Morgan fingerprint density at radius 1 is 1.22 bits per heavy atom. The summed E-state index contributed by atoms with van der Waals surface area (Å²) in [6.45, 7) is 1.20. The molecule has 18 heavy (non-hydrogen) atoms. The fraction of sp³-hybridized carbons (Fsp3) is 0.667. The molecule has 1 aromatic heterocycles. The first kappa shape index (κ1) is 12.0. The summed E-state index contributed by atoms with van der Waals surface area (Å²) in [5.74, 6) is 0.887. The molecule has 3 nitrogen and oxygen atoms in total. The third-order valence-corrected chi connectivity index (χ3v) is 4.54. The Morgan fingerprint density at radius 3 is 2.94 bits per heavy atom. The van der Waals surface area contributed by atoms with Gasteiger partial charge in [-0.3, -0.25) is 4.98 Å². The summed E-state index contributed by atoms with van der Waals surface area (Å²) in [6, 6.07) is 4.87. The topological polar surface area (TPSA) is 36.4 Å². The molecule has 0 aromatic carbocycles. The van der Waals surface area contributed by atoms with Gasteiger partial charge in [-0.15, -0.1) is 0 Å². The fourth-order valence-corrected chi connectivity index (χ4v) is 3.68. The Labute approximate surface area is 109 Å². The van der Waals surface area contributed by atoms with Gasteiger partial charge in [-0.25, -0.2) is 0 Å². The maximum Gasteiger partial charge on any atom is 0.0853 e. The maximum atomic E-state index is 9.21. The minimum atomic E-state index is 0.0375. The number of piperidine rings is 1. The molecule has 2 heterocycles. The summed E-state index contributed by atoms with van der Waals surface area (Å²) in [5.41, 5.74) is 2.04. The summed E-state index contributed by atoms with van der Waals surface area (Å²) in [5, 5.41) is 9.21. The van der Waals surface area contributed by atoms with Gasteiger partial charge in [-0.1, -0.05) is 12.8 Å². The van der Waals surface area contributed by atoms with E-state index in [0.29, 0.717) is 0 Å². The Kier molecular flexibility index (Phi) is 3.50. The summed E-state index contributed by atoms with van der Waals surface area (Å²) in [7, 11) is 0. The summed E-state index contributed by atoms with van der Waals surface area (Å²) < 4.78 is 0. The zero-order valence-electron chi connectivity index (χ0n) is 10.9. The van der Waals surface area contributed by atoms with Gasteiger partial charge >= 0.3 is 0 Å². The van der Waals surface area contributed by atoms with E-state index < -0.39 is 0 Å². The minimum Gasteiger partial charge on any atom is -0.390 e. The van der Waals surface area contributed by atoms with Crippen LogP contribution in [-0.4, -0.2) is 22.7 Å². The van der Waals surface area contributed by atoms with Crippen LogP contribution in [0, 0.1) is 5.92 Å². The molecular weight excluding hydrogens is 224 g/mol. The van der Waals surface area contributed by atoms with Gasteiger partial charge in [-0.2, -0.15) is 0 Å². The van der Waals surface area contributed by atoms with Gasteiger partial charge in [0.25, 0.3) is 0 Å². The predicted molar refractivity (Wildman–Crippen MR) is 72.5 cm³/mol. The van der Waals surface area contributed by atoms with Gasteiger partial charge in [0.05, 0.1) is 12.3 Å². The normalized spacial score (nSPS) is 27.9. The van der Waals surface area contributed by atoms with Crippen molar-refractivity contribution in [1.82, 2.24) is 4.98 Å². The molecule has 1 N–H and O–H groups in total. The molecule has 3 rings (SSSR count). The van der Waals surface area contributed by atoms with Crippen LogP contribution in [0.15, 0.2) is 18.3 Å². The zero-order chi connectivity index (χ0) is 12.4. The molecule has 2 aliphatic rings. The van der Waals surface area contributed by atoms with E-state index in [2.05, 4.69) is 22.0 Å². The molecule has 0 spiro atoms. The van der Waals surface area contributed by atoms with Crippen molar-refractivity contribution < 1.29 is 5.11 Å². The lowest BCUT2D eigenvalue weighted by Gasteiger charge is -2.45. The molecule has 0 unspecified atom stereocenters. The van der Waals surface area contributed by atoms with E-state index in [-0.39, 0.29) is 6.61 Å². The maximum absolute atomic E-state index is 9.21. The number of aliphatic hydroxyl groups is 1. The number of anilines is 1. The number of hydrogen-bond acceptors (Lipinski definition) is 3. The second-order valence-electron chi connectivity index (χ2n) is 5.61. The average Bonchev–Trinajstić information content (AvgIpc) is 2.47. The minimum absolute atomic E-state index is 0.0375. The van der Waals surface area contributed by atoms with Crippen LogP contribution in [-0.2, 0) is 6.61 Å². The van der Waals surface area contributed by atoms with E-state index in [1.807, 2.05) is 6.20 Å². The van der Waals surface area contributed by atoms with E-state index in [4.69, 9.17) is 0 Å².